The molecule has 1 aliphatic heterocycles. The molecule has 2 aromatic heterocycles. The minimum absolute atomic E-state index is 0.253. The third-order valence-electron chi connectivity index (χ3n) is 5.36. The van der Waals surface area contributed by atoms with Gasteiger partial charge in [0.1, 0.15) is 5.82 Å². The largest absolute Gasteiger partial charge is 0.355 e. The summed E-state index contributed by atoms with van der Waals surface area (Å²) in [5.74, 6) is 3.14. The Kier molecular flexibility index (Phi) is 4.07. The maximum atomic E-state index is 13.0. The van der Waals surface area contributed by atoms with Crippen LogP contribution in [0.2, 0.25) is 0 Å². The van der Waals surface area contributed by atoms with Crippen LogP contribution in [0.3, 0.4) is 0 Å². The molecule has 6 nitrogen and oxygen atoms in total. The van der Waals surface area contributed by atoms with Crippen molar-refractivity contribution in [2.45, 2.75) is 37.5 Å². The van der Waals surface area contributed by atoms with Crippen molar-refractivity contribution in [2.24, 2.45) is 0 Å². The van der Waals surface area contributed by atoms with Gasteiger partial charge in [0.2, 0.25) is 5.89 Å². The number of benzene rings is 1. The van der Waals surface area contributed by atoms with Gasteiger partial charge in [0.25, 0.3) is 0 Å². The smallest absolute Gasteiger partial charge is 0.229 e. The van der Waals surface area contributed by atoms with E-state index in [1.165, 1.54) is 25.0 Å². The summed E-state index contributed by atoms with van der Waals surface area (Å²) in [7, 11) is 0. The number of halogens is 1. The van der Waals surface area contributed by atoms with Gasteiger partial charge in [0.15, 0.2) is 11.6 Å². The Labute approximate surface area is 156 Å². The predicted molar refractivity (Wildman–Crippen MR) is 97.9 cm³/mol. The molecule has 3 heterocycles. The molecule has 1 saturated carbocycles. The summed E-state index contributed by atoms with van der Waals surface area (Å²) >= 11 is 0. The lowest BCUT2D eigenvalue weighted by Gasteiger charge is -2.31. The third kappa shape index (κ3) is 3.41. The quantitative estimate of drug-likeness (QED) is 0.698. The van der Waals surface area contributed by atoms with Crippen LogP contribution < -0.4 is 4.90 Å². The second-order valence-electron chi connectivity index (χ2n) is 7.31. The van der Waals surface area contributed by atoms with Crippen LogP contribution >= 0.6 is 0 Å². The molecule has 1 aliphatic carbocycles. The highest BCUT2D eigenvalue weighted by Crippen LogP contribution is 2.40. The van der Waals surface area contributed by atoms with Gasteiger partial charge in [-0.25, -0.2) is 4.39 Å². The monoisotopic (exact) mass is 365 g/mol. The average Bonchev–Trinajstić information content (AvgIpc) is 3.46. The molecule has 1 saturated heterocycles. The first-order valence-corrected chi connectivity index (χ1v) is 9.44. The fraction of sp³-hybridized carbons (Fsp3) is 0.400. The molecule has 0 N–H and O–H groups in total. The molecule has 0 unspecified atom stereocenters. The fourth-order valence-electron chi connectivity index (χ4n) is 3.54. The maximum Gasteiger partial charge on any atom is 0.229 e. The first-order valence-electron chi connectivity index (χ1n) is 9.44. The van der Waals surface area contributed by atoms with Crippen LogP contribution in [0, 0.1) is 5.82 Å². The van der Waals surface area contributed by atoms with E-state index >= 15 is 0 Å². The van der Waals surface area contributed by atoms with Gasteiger partial charge in [-0.15, -0.1) is 10.2 Å². The molecule has 3 aromatic rings. The van der Waals surface area contributed by atoms with Gasteiger partial charge in [0.05, 0.1) is 5.69 Å². The number of hydrogen-bond donors (Lipinski definition) is 0. The molecule has 0 bridgehead atoms. The minimum Gasteiger partial charge on any atom is -0.355 e. The summed E-state index contributed by atoms with van der Waals surface area (Å²) in [6, 6.07) is 10.2. The van der Waals surface area contributed by atoms with Gasteiger partial charge >= 0.3 is 0 Å². The Morgan fingerprint density at radius 1 is 0.889 bits per heavy atom. The second-order valence-corrected chi connectivity index (χ2v) is 7.31. The summed E-state index contributed by atoms with van der Waals surface area (Å²) in [5.41, 5.74) is 1.60. The first kappa shape index (κ1) is 16.4. The molecule has 2 fully saturated rings. The number of hydrogen-bond acceptors (Lipinski definition) is 6. The van der Waals surface area contributed by atoms with Crippen LogP contribution in [0.1, 0.15) is 49.2 Å². The van der Waals surface area contributed by atoms with Crippen molar-refractivity contribution in [2.75, 3.05) is 18.0 Å². The van der Waals surface area contributed by atoms with Gasteiger partial charge in [-0.2, -0.15) is 4.98 Å². The van der Waals surface area contributed by atoms with Gasteiger partial charge in [-0.3, -0.25) is 0 Å². The van der Waals surface area contributed by atoms with E-state index < -0.39 is 0 Å². The molecule has 2 aliphatic rings. The molecular weight excluding hydrogens is 345 g/mol. The minimum atomic E-state index is -0.253. The fourth-order valence-corrected chi connectivity index (χ4v) is 3.54. The summed E-state index contributed by atoms with van der Waals surface area (Å²) in [6.45, 7) is 1.78. The number of rotatable bonds is 4. The van der Waals surface area contributed by atoms with Crippen LogP contribution in [0.4, 0.5) is 10.2 Å². The van der Waals surface area contributed by atoms with Crippen molar-refractivity contribution >= 4 is 5.82 Å². The Morgan fingerprint density at radius 2 is 1.67 bits per heavy atom. The zero-order valence-electron chi connectivity index (χ0n) is 14.9. The standard InChI is InChI=1S/C20H20FN5O/c21-16-5-3-13(4-6-16)17-7-8-18(24-23-17)26-11-9-14(10-12-26)19-22-20(27-25-19)15-1-2-15/h3-8,14-15H,1-2,9-12H2. The van der Waals surface area contributed by atoms with Gasteiger partial charge in [-0.05, 0) is 62.1 Å². The van der Waals surface area contributed by atoms with Crippen LogP contribution in [-0.4, -0.2) is 33.4 Å². The average molecular weight is 365 g/mol. The molecule has 0 radical (unpaired) electrons. The topological polar surface area (TPSA) is 67.9 Å². The summed E-state index contributed by atoms with van der Waals surface area (Å²) < 4.78 is 18.4. The molecule has 5 rings (SSSR count). The molecule has 1 aromatic carbocycles. The molecule has 0 spiro atoms. The van der Waals surface area contributed by atoms with Crippen LogP contribution in [-0.2, 0) is 0 Å². The molecule has 0 atom stereocenters. The zero-order valence-corrected chi connectivity index (χ0v) is 14.9. The summed E-state index contributed by atoms with van der Waals surface area (Å²) in [5, 5.41) is 12.9. The van der Waals surface area contributed by atoms with E-state index in [1.807, 2.05) is 12.1 Å². The van der Waals surface area contributed by atoms with Crippen LogP contribution in [0.15, 0.2) is 40.9 Å². The Balaban J connectivity index is 1.23. The number of nitrogens with zero attached hydrogens (tertiary/aromatic N) is 5. The number of piperidine rings is 1. The highest BCUT2D eigenvalue weighted by Gasteiger charge is 2.32. The van der Waals surface area contributed by atoms with E-state index in [2.05, 4.69) is 25.2 Å². The van der Waals surface area contributed by atoms with Crippen molar-refractivity contribution in [1.29, 1.82) is 0 Å². The predicted octanol–water partition coefficient (Wildman–Crippen LogP) is 3.93. The lowest BCUT2D eigenvalue weighted by atomic mass is 9.96. The molecule has 138 valence electrons. The highest BCUT2D eigenvalue weighted by atomic mass is 19.1. The lowest BCUT2D eigenvalue weighted by molar-refractivity contribution is 0.364. The molecule has 0 amide bonds. The lowest BCUT2D eigenvalue weighted by Crippen LogP contribution is -2.33. The Hall–Kier alpha value is -2.83. The third-order valence-corrected chi connectivity index (χ3v) is 5.36. The normalized spacial score (nSPS) is 18.0. The molecule has 7 heteroatoms. The van der Waals surface area contributed by atoms with Crippen molar-refractivity contribution in [3.8, 4) is 11.3 Å². The van der Waals surface area contributed by atoms with E-state index in [0.717, 1.165) is 54.7 Å². The van der Waals surface area contributed by atoms with E-state index in [4.69, 9.17) is 4.52 Å². The van der Waals surface area contributed by atoms with Crippen molar-refractivity contribution in [3.63, 3.8) is 0 Å². The number of aromatic nitrogens is 4. The summed E-state index contributed by atoms with van der Waals surface area (Å²) in [4.78, 5) is 6.83. The van der Waals surface area contributed by atoms with Crippen molar-refractivity contribution in [1.82, 2.24) is 20.3 Å². The first-order chi connectivity index (χ1) is 13.3. The van der Waals surface area contributed by atoms with E-state index in [9.17, 15) is 4.39 Å². The molecule has 27 heavy (non-hydrogen) atoms. The zero-order chi connectivity index (χ0) is 18.2. The molecular formula is C20H20FN5O. The Bertz CT molecular complexity index is 912. The summed E-state index contributed by atoms with van der Waals surface area (Å²) in [6.07, 6.45) is 4.30. The van der Waals surface area contributed by atoms with E-state index in [0.29, 0.717) is 11.8 Å². The number of anilines is 1. The van der Waals surface area contributed by atoms with E-state index in [1.54, 1.807) is 12.1 Å². The van der Waals surface area contributed by atoms with Gasteiger partial charge < -0.3 is 9.42 Å². The SMILES string of the molecule is Fc1ccc(-c2ccc(N3CCC(c4noc(C5CC5)n4)CC3)nn2)cc1. The van der Waals surface area contributed by atoms with Gasteiger partial charge in [-0.1, -0.05) is 5.16 Å². The maximum absolute atomic E-state index is 13.0. The van der Waals surface area contributed by atoms with Gasteiger partial charge in [0, 0.05) is 30.5 Å². The van der Waals surface area contributed by atoms with Crippen LogP contribution in [0.5, 0.6) is 0 Å². The van der Waals surface area contributed by atoms with E-state index in [-0.39, 0.29) is 5.82 Å². The highest BCUT2D eigenvalue weighted by molar-refractivity contribution is 5.59. The Morgan fingerprint density at radius 3 is 2.33 bits per heavy atom. The van der Waals surface area contributed by atoms with Crippen molar-refractivity contribution < 1.29 is 8.91 Å². The van der Waals surface area contributed by atoms with Crippen LogP contribution in [0.25, 0.3) is 11.3 Å². The van der Waals surface area contributed by atoms with Crippen molar-refractivity contribution in [3.05, 3.63) is 53.9 Å². The second kappa shape index (κ2) is 6.72.